The molecule has 44 heavy (non-hydrogen) atoms. The van der Waals surface area contributed by atoms with Crippen LogP contribution in [0.3, 0.4) is 0 Å². The number of rotatable bonds is 15. The van der Waals surface area contributed by atoms with E-state index in [0.717, 1.165) is 5.56 Å². The SMILES string of the molecule is Cc1cc(OCC(=O)[C@H](CC(=O)O)NC(=O)[C@H](C)NC(=O)[C@@H](NC(=O)OCc2ccccc2)C(C)C)n(-c2ccccc2)n1. The van der Waals surface area contributed by atoms with E-state index in [-0.39, 0.29) is 18.4 Å². The Morgan fingerprint density at radius 2 is 1.52 bits per heavy atom. The van der Waals surface area contributed by atoms with Crippen LogP contribution < -0.4 is 20.7 Å². The summed E-state index contributed by atoms with van der Waals surface area (Å²) in [7, 11) is 0. The van der Waals surface area contributed by atoms with Crippen LogP contribution in [0.5, 0.6) is 5.88 Å². The molecule has 0 aliphatic heterocycles. The fourth-order valence-corrected chi connectivity index (χ4v) is 4.09. The van der Waals surface area contributed by atoms with Crippen molar-refractivity contribution in [2.45, 2.75) is 58.8 Å². The Balaban J connectivity index is 1.58. The molecule has 13 nitrogen and oxygen atoms in total. The zero-order valence-electron chi connectivity index (χ0n) is 25.0. The number of carbonyl (C=O) groups is 5. The minimum atomic E-state index is -1.43. The number of ether oxygens (including phenoxy) is 2. The van der Waals surface area contributed by atoms with E-state index >= 15 is 0 Å². The Morgan fingerprint density at radius 3 is 2.14 bits per heavy atom. The Kier molecular flexibility index (Phi) is 12.0. The molecule has 0 aliphatic rings. The Hall–Kier alpha value is -5.20. The lowest BCUT2D eigenvalue weighted by molar-refractivity contribution is -0.141. The van der Waals surface area contributed by atoms with Gasteiger partial charge in [-0.25, -0.2) is 9.48 Å². The Morgan fingerprint density at radius 1 is 0.886 bits per heavy atom. The molecule has 1 heterocycles. The maximum Gasteiger partial charge on any atom is 0.408 e. The summed E-state index contributed by atoms with van der Waals surface area (Å²) < 4.78 is 12.4. The molecule has 3 atom stereocenters. The smallest absolute Gasteiger partial charge is 0.408 e. The first-order valence-electron chi connectivity index (χ1n) is 14.0. The molecule has 234 valence electrons. The van der Waals surface area contributed by atoms with Gasteiger partial charge in [-0.15, -0.1) is 0 Å². The zero-order valence-corrected chi connectivity index (χ0v) is 25.0. The summed E-state index contributed by atoms with van der Waals surface area (Å²) in [6.45, 7) is 6.01. The van der Waals surface area contributed by atoms with Crippen molar-refractivity contribution >= 4 is 29.7 Å². The summed E-state index contributed by atoms with van der Waals surface area (Å²) in [6, 6.07) is 16.1. The van der Waals surface area contributed by atoms with E-state index in [1.165, 1.54) is 11.6 Å². The van der Waals surface area contributed by atoms with Gasteiger partial charge in [-0.1, -0.05) is 62.4 Å². The maximum absolute atomic E-state index is 13.0. The van der Waals surface area contributed by atoms with Crippen LogP contribution in [-0.4, -0.2) is 69.3 Å². The quantitative estimate of drug-likeness (QED) is 0.202. The van der Waals surface area contributed by atoms with Crippen molar-refractivity contribution in [3.05, 3.63) is 78.0 Å². The van der Waals surface area contributed by atoms with Crippen molar-refractivity contribution in [3.63, 3.8) is 0 Å². The van der Waals surface area contributed by atoms with E-state index in [9.17, 15) is 29.1 Å². The average Bonchev–Trinajstić information content (AvgIpc) is 3.37. The van der Waals surface area contributed by atoms with Crippen LogP contribution in [0.15, 0.2) is 66.7 Å². The molecule has 3 rings (SSSR count). The van der Waals surface area contributed by atoms with E-state index in [0.29, 0.717) is 11.4 Å². The van der Waals surface area contributed by atoms with Crippen molar-refractivity contribution < 1.29 is 38.6 Å². The molecule has 0 unspecified atom stereocenters. The number of amides is 3. The number of alkyl carbamates (subject to hydrolysis) is 1. The van der Waals surface area contributed by atoms with Gasteiger partial charge in [-0.2, -0.15) is 5.10 Å². The van der Waals surface area contributed by atoms with Gasteiger partial charge in [-0.05, 0) is 37.5 Å². The van der Waals surface area contributed by atoms with Crippen LogP contribution in [-0.2, 0) is 30.5 Å². The maximum atomic E-state index is 13.0. The van der Waals surface area contributed by atoms with Gasteiger partial charge in [0.25, 0.3) is 0 Å². The predicted octanol–water partition coefficient (Wildman–Crippen LogP) is 2.54. The molecule has 0 saturated carbocycles. The van der Waals surface area contributed by atoms with Crippen molar-refractivity contribution in [2.24, 2.45) is 5.92 Å². The fourth-order valence-electron chi connectivity index (χ4n) is 4.09. The highest BCUT2D eigenvalue weighted by molar-refractivity contribution is 5.96. The van der Waals surface area contributed by atoms with E-state index < -0.39 is 60.8 Å². The number of aromatic nitrogens is 2. The van der Waals surface area contributed by atoms with Crippen LogP contribution in [0.2, 0.25) is 0 Å². The van der Waals surface area contributed by atoms with Gasteiger partial charge in [0, 0.05) is 6.07 Å². The molecule has 13 heteroatoms. The summed E-state index contributed by atoms with van der Waals surface area (Å²) in [5, 5.41) is 21.1. The minimum absolute atomic E-state index is 0.00876. The number of carboxylic acids is 1. The van der Waals surface area contributed by atoms with E-state index in [1.807, 2.05) is 24.3 Å². The Labute approximate surface area is 254 Å². The van der Waals surface area contributed by atoms with Crippen molar-refractivity contribution in [2.75, 3.05) is 6.61 Å². The summed E-state index contributed by atoms with van der Waals surface area (Å²) in [4.78, 5) is 62.7. The van der Waals surface area contributed by atoms with Gasteiger partial charge < -0.3 is 30.5 Å². The topological polar surface area (TPSA) is 178 Å². The summed E-state index contributed by atoms with van der Waals surface area (Å²) >= 11 is 0. The summed E-state index contributed by atoms with van der Waals surface area (Å²) in [6.07, 6.45) is -1.51. The third-order valence-electron chi connectivity index (χ3n) is 6.43. The lowest BCUT2D eigenvalue weighted by Gasteiger charge is -2.24. The van der Waals surface area contributed by atoms with Gasteiger partial charge in [0.05, 0.1) is 17.8 Å². The number of hydrogen-bond acceptors (Lipinski definition) is 8. The molecule has 0 fully saturated rings. The molecule has 0 spiro atoms. The molecule has 1 aromatic heterocycles. The summed E-state index contributed by atoms with van der Waals surface area (Å²) in [5.41, 5.74) is 2.10. The monoisotopic (exact) mass is 607 g/mol. The number of carboxylic acid groups (broad SMARTS) is 1. The standard InChI is InChI=1S/C31H37N5O8/c1-19(2)28(34-31(42)44-17-22-11-7-5-8-12-22)30(41)32-21(4)29(40)33-24(16-27(38)39)25(37)18-43-26-15-20(3)35-36(26)23-13-9-6-10-14-23/h5-15,19,21,24,28H,16-18H2,1-4H3,(H,32,41)(H,33,40)(H,34,42)(H,38,39)/t21-,24-,28-/m0/s1. The number of aryl methyl sites for hydroxylation is 1. The van der Waals surface area contributed by atoms with E-state index in [2.05, 4.69) is 21.0 Å². The molecular formula is C31H37N5O8. The second kappa shape index (κ2) is 15.9. The number of hydrogen-bond donors (Lipinski definition) is 4. The second-order valence-corrected chi connectivity index (χ2v) is 10.4. The molecule has 2 aromatic carbocycles. The minimum Gasteiger partial charge on any atom is -0.481 e. The molecule has 0 radical (unpaired) electrons. The van der Waals surface area contributed by atoms with Crippen LogP contribution >= 0.6 is 0 Å². The molecule has 0 bridgehead atoms. The Bertz CT molecular complexity index is 1440. The molecule has 3 amide bonds. The zero-order chi connectivity index (χ0) is 32.2. The molecule has 4 N–H and O–H groups in total. The van der Waals surface area contributed by atoms with Gasteiger partial charge in [0.2, 0.25) is 17.7 Å². The van der Waals surface area contributed by atoms with Crippen LogP contribution in [0.4, 0.5) is 4.79 Å². The number of ketones is 1. The third kappa shape index (κ3) is 9.96. The van der Waals surface area contributed by atoms with E-state index in [1.54, 1.807) is 63.2 Å². The summed E-state index contributed by atoms with van der Waals surface area (Å²) in [5.74, 6) is -3.56. The number of Topliss-reactive ketones (excluding diaryl/α,β-unsaturated/α-hetero) is 1. The number of carbonyl (C=O) groups excluding carboxylic acids is 4. The lowest BCUT2D eigenvalue weighted by Crippen LogP contribution is -2.56. The first-order chi connectivity index (χ1) is 20.9. The van der Waals surface area contributed by atoms with Crippen LogP contribution in [0.25, 0.3) is 5.69 Å². The second-order valence-electron chi connectivity index (χ2n) is 10.4. The highest BCUT2D eigenvalue weighted by Gasteiger charge is 2.30. The van der Waals surface area contributed by atoms with Crippen LogP contribution in [0, 0.1) is 12.8 Å². The number of aliphatic carboxylic acids is 1. The molecular weight excluding hydrogens is 570 g/mol. The van der Waals surface area contributed by atoms with Crippen molar-refractivity contribution in [1.29, 1.82) is 0 Å². The van der Waals surface area contributed by atoms with Crippen molar-refractivity contribution in [1.82, 2.24) is 25.7 Å². The number of benzene rings is 2. The third-order valence-corrected chi connectivity index (χ3v) is 6.43. The first-order valence-corrected chi connectivity index (χ1v) is 14.0. The van der Waals surface area contributed by atoms with Crippen molar-refractivity contribution in [3.8, 4) is 11.6 Å². The highest BCUT2D eigenvalue weighted by Crippen LogP contribution is 2.19. The predicted molar refractivity (Wildman–Crippen MR) is 159 cm³/mol. The van der Waals surface area contributed by atoms with Gasteiger partial charge in [0.15, 0.2) is 12.4 Å². The van der Waals surface area contributed by atoms with Gasteiger partial charge >= 0.3 is 12.1 Å². The number of nitrogens with one attached hydrogen (secondary N) is 3. The van der Waals surface area contributed by atoms with Crippen LogP contribution in [0.1, 0.15) is 38.4 Å². The fraction of sp³-hybridized carbons (Fsp3) is 0.355. The highest BCUT2D eigenvalue weighted by atomic mass is 16.5. The lowest BCUT2D eigenvalue weighted by atomic mass is 10.0. The van der Waals surface area contributed by atoms with E-state index in [4.69, 9.17) is 9.47 Å². The normalized spacial score (nSPS) is 12.8. The number of para-hydroxylation sites is 1. The first kappa shape index (κ1) is 33.3. The van der Waals surface area contributed by atoms with Gasteiger partial charge in [0.1, 0.15) is 24.7 Å². The molecule has 3 aromatic rings. The van der Waals surface area contributed by atoms with Gasteiger partial charge in [-0.3, -0.25) is 19.2 Å². The number of nitrogens with zero attached hydrogens (tertiary/aromatic N) is 2. The molecule has 0 aliphatic carbocycles. The molecule has 0 saturated heterocycles. The average molecular weight is 608 g/mol. The largest absolute Gasteiger partial charge is 0.481 e.